The second-order valence-electron chi connectivity index (χ2n) is 11.8. The molecule has 0 saturated heterocycles. The predicted octanol–water partition coefficient (Wildman–Crippen LogP) is 4.72. The van der Waals surface area contributed by atoms with E-state index >= 15 is 0 Å². The van der Waals surface area contributed by atoms with Crippen LogP contribution in [0.5, 0.6) is 0 Å². The number of hydrogen-bond acceptors (Lipinski definition) is 3. The summed E-state index contributed by atoms with van der Waals surface area (Å²) in [4.78, 5) is 11.1. The van der Waals surface area contributed by atoms with E-state index in [0.717, 1.165) is 25.7 Å². The van der Waals surface area contributed by atoms with Gasteiger partial charge >= 0.3 is 5.97 Å². The normalized spacial score (nSPS) is 52.9. The highest BCUT2D eigenvalue weighted by atomic mass is 16.4. The molecule has 4 aliphatic carbocycles. The van der Waals surface area contributed by atoms with Gasteiger partial charge in [-0.2, -0.15) is 0 Å². The van der Waals surface area contributed by atoms with Gasteiger partial charge in [-0.3, -0.25) is 4.79 Å². The van der Waals surface area contributed by atoms with Gasteiger partial charge in [0.1, 0.15) is 0 Å². The first-order valence-electron chi connectivity index (χ1n) is 12.2. The van der Waals surface area contributed by atoms with Crippen molar-refractivity contribution < 1.29 is 20.1 Å². The molecule has 4 saturated carbocycles. The number of carboxylic acid groups (broad SMARTS) is 1. The zero-order valence-corrected chi connectivity index (χ0v) is 18.8. The van der Waals surface area contributed by atoms with E-state index in [1.807, 2.05) is 0 Å². The van der Waals surface area contributed by atoms with Crippen LogP contribution >= 0.6 is 0 Å². The monoisotopic (exact) mass is 406 g/mol. The zero-order chi connectivity index (χ0) is 21.1. The highest BCUT2D eigenvalue weighted by Gasteiger charge is 2.64. The minimum Gasteiger partial charge on any atom is -0.481 e. The Morgan fingerprint density at radius 3 is 2.34 bits per heavy atom. The number of aliphatic carboxylic acids is 1. The van der Waals surface area contributed by atoms with E-state index in [2.05, 4.69) is 27.7 Å². The molecule has 4 nitrogen and oxygen atoms in total. The topological polar surface area (TPSA) is 77.8 Å². The molecule has 0 aromatic carbocycles. The van der Waals surface area contributed by atoms with Crippen molar-refractivity contribution in [2.24, 2.45) is 52.3 Å². The Morgan fingerprint density at radius 2 is 1.66 bits per heavy atom. The number of carboxylic acids is 1. The quantitative estimate of drug-likeness (QED) is 0.631. The van der Waals surface area contributed by atoms with Gasteiger partial charge in [0.25, 0.3) is 0 Å². The summed E-state index contributed by atoms with van der Waals surface area (Å²) >= 11 is 0. The highest BCUT2D eigenvalue weighted by molar-refractivity contribution is 5.66. The maximum atomic E-state index is 11.5. The summed E-state index contributed by atoms with van der Waals surface area (Å²) in [6, 6.07) is 0. The molecule has 0 heterocycles. The molecule has 0 aromatic rings. The van der Waals surface area contributed by atoms with Gasteiger partial charge in [-0.25, -0.2) is 0 Å². The number of hydrogen-bond donors (Lipinski definition) is 3. The fourth-order valence-corrected chi connectivity index (χ4v) is 9.18. The molecule has 4 aliphatic rings. The molecule has 29 heavy (non-hydrogen) atoms. The molecule has 3 N–H and O–H groups in total. The Hall–Kier alpha value is -0.610. The molecule has 11 atom stereocenters. The van der Waals surface area contributed by atoms with Crippen molar-refractivity contribution in [1.29, 1.82) is 0 Å². The summed E-state index contributed by atoms with van der Waals surface area (Å²) in [5.74, 6) is 2.50. The average Bonchev–Trinajstić information content (AvgIpc) is 3.02. The Bertz CT molecular complexity index is 634. The third-order valence-corrected chi connectivity index (χ3v) is 10.7. The molecule has 0 aliphatic heterocycles. The molecule has 0 radical (unpaired) electrons. The van der Waals surface area contributed by atoms with Gasteiger partial charge in [-0.05, 0) is 104 Å². The van der Waals surface area contributed by atoms with Crippen molar-refractivity contribution in [2.45, 2.75) is 97.7 Å². The Kier molecular flexibility index (Phi) is 5.60. The van der Waals surface area contributed by atoms with Crippen LogP contribution in [0, 0.1) is 52.3 Å². The zero-order valence-electron chi connectivity index (χ0n) is 18.8. The lowest BCUT2D eigenvalue weighted by Gasteiger charge is -2.64. The average molecular weight is 407 g/mol. The van der Waals surface area contributed by atoms with Gasteiger partial charge in [-0.15, -0.1) is 0 Å². The molecule has 0 spiro atoms. The molecular formula is C25H42O4. The fraction of sp³-hybridized carbons (Fsp3) is 0.960. The molecule has 4 heteroatoms. The van der Waals surface area contributed by atoms with Crippen LogP contribution in [-0.2, 0) is 4.79 Å². The number of rotatable bonds is 4. The van der Waals surface area contributed by atoms with Crippen molar-refractivity contribution in [3.8, 4) is 0 Å². The van der Waals surface area contributed by atoms with E-state index in [1.54, 1.807) is 0 Å². The third-order valence-electron chi connectivity index (χ3n) is 10.7. The van der Waals surface area contributed by atoms with Crippen LogP contribution in [0.15, 0.2) is 0 Å². The number of carbonyl (C=O) groups is 1. The highest BCUT2D eigenvalue weighted by Crippen LogP contribution is 2.69. The molecule has 4 fully saturated rings. The molecule has 4 rings (SSSR count). The summed E-state index contributed by atoms with van der Waals surface area (Å²) in [6.07, 6.45) is 8.22. The van der Waals surface area contributed by atoms with Gasteiger partial charge in [0.05, 0.1) is 12.2 Å². The summed E-state index contributed by atoms with van der Waals surface area (Å²) in [5.41, 5.74) is 0.480. The van der Waals surface area contributed by atoms with Crippen molar-refractivity contribution in [3.05, 3.63) is 0 Å². The largest absolute Gasteiger partial charge is 0.481 e. The van der Waals surface area contributed by atoms with Crippen LogP contribution in [0.2, 0.25) is 0 Å². The second-order valence-corrected chi connectivity index (χ2v) is 11.8. The van der Waals surface area contributed by atoms with Gasteiger partial charge in [0.15, 0.2) is 0 Å². The SMILES string of the molecule is C[C@H]1[C@@H](O)C2C3CC[C@H]([C@H](C)CCC(=O)O)[C@@]3(C)CCC2[C@@]2(C)CC[C@@H](O)C[C@@H]12. The van der Waals surface area contributed by atoms with Crippen molar-refractivity contribution >= 4 is 5.97 Å². The fourth-order valence-electron chi connectivity index (χ4n) is 9.18. The van der Waals surface area contributed by atoms with Crippen LogP contribution in [0.1, 0.15) is 85.5 Å². The predicted molar refractivity (Wildman–Crippen MR) is 113 cm³/mol. The minimum atomic E-state index is -0.685. The van der Waals surface area contributed by atoms with Gasteiger partial charge in [0, 0.05) is 6.42 Å². The van der Waals surface area contributed by atoms with Crippen LogP contribution in [0.3, 0.4) is 0 Å². The van der Waals surface area contributed by atoms with Gasteiger partial charge in [0.2, 0.25) is 0 Å². The minimum absolute atomic E-state index is 0.195. The number of fused-ring (bicyclic) bond motifs is 5. The van der Waals surface area contributed by atoms with E-state index in [-0.39, 0.29) is 35.4 Å². The lowest BCUT2D eigenvalue weighted by molar-refractivity contribution is -0.199. The maximum Gasteiger partial charge on any atom is 0.303 e. The molecule has 0 amide bonds. The lowest BCUT2D eigenvalue weighted by atomic mass is 9.42. The van der Waals surface area contributed by atoms with Crippen LogP contribution in [0.25, 0.3) is 0 Å². The maximum absolute atomic E-state index is 11.5. The Morgan fingerprint density at radius 1 is 1.00 bits per heavy atom. The number of aliphatic hydroxyl groups is 2. The first-order valence-corrected chi connectivity index (χ1v) is 12.2. The van der Waals surface area contributed by atoms with E-state index in [1.165, 1.54) is 25.7 Å². The van der Waals surface area contributed by atoms with E-state index in [4.69, 9.17) is 5.11 Å². The molecular weight excluding hydrogens is 364 g/mol. The first kappa shape index (κ1) is 21.6. The smallest absolute Gasteiger partial charge is 0.303 e. The summed E-state index contributed by atoms with van der Waals surface area (Å²) in [6.45, 7) is 9.41. The van der Waals surface area contributed by atoms with Gasteiger partial charge in [-0.1, -0.05) is 27.7 Å². The van der Waals surface area contributed by atoms with Crippen molar-refractivity contribution in [3.63, 3.8) is 0 Å². The Labute approximate surface area is 176 Å². The molecule has 0 aromatic heterocycles. The van der Waals surface area contributed by atoms with E-state index < -0.39 is 5.97 Å². The van der Waals surface area contributed by atoms with Gasteiger partial charge < -0.3 is 15.3 Å². The molecule has 166 valence electrons. The summed E-state index contributed by atoms with van der Waals surface area (Å²) in [7, 11) is 0. The third kappa shape index (κ3) is 3.28. The lowest BCUT2D eigenvalue weighted by Crippen LogP contribution is -2.61. The van der Waals surface area contributed by atoms with E-state index in [0.29, 0.717) is 35.5 Å². The molecule has 0 bridgehead atoms. The van der Waals surface area contributed by atoms with Crippen molar-refractivity contribution in [2.75, 3.05) is 0 Å². The Balaban J connectivity index is 1.59. The second kappa shape index (κ2) is 7.51. The van der Waals surface area contributed by atoms with Crippen LogP contribution in [0.4, 0.5) is 0 Å². The first-order chi connectivity index (χ1) is 13.6. The molecule has 3 unspecified atom stereocenters. The van der Waals surface area contributed by atoms with Crippen molar-refractivity contribution in [1.82, 2.24) is 0 Å². The van der Waals surface area contributed by atoms with Crippen LogP contribution < -0.4 is 0 Å². The summed E-state index contributed by atoms with van der Waals surface area (Å²) < 4.78 is 0. The standard InChI is InChI=1S/C25H42O4/c1-14(5-8-21(27)28)17-6-7-18-22-19(10-12-24(17,18)3)25(4)11-9-16(26)13-20(25)15(2)23(22)29/h14-20,22-23,26,29H,5-13H2,1-4H3,(H,27,28)/t14-,15-,16-,17-,18?,19?,20+,22?,23-,24-,25-/m1/s1. The number of aliphatic hydroxyl groups excluding tert-OH is 2. The van der Waals surface area contributed by atoms with E-state index in [9.17, 15) is 15.0 Å². The van der Waals surface area contributed by atoms with Crippen LogP contribution in [-0.4, -0.2) is 33.5 Å². The summed E-state index contributed by atoms with van der Waals surface area (Å²) in [5, 5.41) is 31.0.